The van der Waals surface area contributed by atoms with E-state index in [2.05, 4.69) is 10.4 Å². The smallest absolute Gasteiger partial charge is 0.251 e. The van der Waals surface area contributed by atoms with Crippen LogP contribution in [0.2, 0.25) is 0 Å². The molecule has 0 aliphatic carbocycles. The van der Waals surface area contributed by atoms with Crippen molar-refractivity contribution in [2.45, 2.75) is 38.1 Å². The second-order valence-electron chi connectivity index (χ2n) is 8.14. The minimum absolute atomic E-state index is 0.0158. The number of fused-ring (bicyclic) bond motifs is 4. The van der Waals surface area contributed by atoms with Gasteiger partial charge in [0.25, 0.3) is 5.56 Å². The average Bonchev–Trinajstić information content (AvgIpc) is 3.11. The van der Waals surface area contributed by atoms with Crippen LogP contribution >= 0.6 is 0 Å². The first-order valence-electron chi connectivity index (χ1n) is 10.2. The third-order valence-corrected chi connectivity index (χ3v) is 6.06. The predicted molar refractivity (Wildman–Crippen MR) is 107 cm³/mol. The Labute approximate surface area is 169 Å². The second-order valence-corrected chi connectivity index (χ2v) is 8.14. The summed E-state index contributed by atoms with van der Waals surface area (Å²) < 4.78 is 3.42. The van der Waals surface area contributed by atoms with Crippen LogP contribution in [-0.4, -0.2) is 50.7 Å². The van der Waals surface area contributed by atoms with Gasteiger partial charge in [-0.15, -0.1) is 0 Å². The third-order valence-electron chi connectivity index (χ3n) is 6.06. The molecule has 2 bridgehead atoms. The van der Waals surface area contributed by atoms with Crippen LogP contribution in [0.3, 0.4) is 0 Å². The number of piperidine rings is 1. The van der Waals surface area contributed by atoms with Crippen LogP contribution in [0.1, 0.15) is 43.0 Å². The van der Waals surface area contributed by atoms with Gasteiger partial charge in [0, 0.05) is 63.4 Å². The Bertz CT molecular complexity index is 979. The van der Waals surface area contributed by atoms with Crippen molar-refractivity contribution in [1.82, 2.24) is 24.6 Å². The molecule has 8 heteroatoms. The summed E-state index contributed by atoms with van der Waals surface area (Å²) in [5.74, 6) is -0.0774. The lowest BCUT2D eigenvalue weighted by Crippen LogP contribution is -2.54. The summed E-state index contributed by atoms with van der Waals surface area (Å²) in [6, 6.07) is 4.59. The number of amides is 2. The maximum atomic E-state index is 13.1. The van der Waals surface area contributed by atoms with Crippen molar-refractivity contribution in [3.05, 3.63) is 52.2 Å². The van der Waals surface area contributed by atoms with Gasteiger partial charge in [-0.1, -0.05) is 6.07 Å². The fourth-order valence-electron chi connectivity index (χ4n) is 4.74. The summed E-state index contributed by atoms with van der Waals surface area (Å²) in [6.45, 7) is 3.22. The van der Waals surface area contributed by atoms with E-state index in [1.54, 1.807) is 22.2 Å². The van der Waals surface area contributed by atoms with Gasteiger partial charge < -0.3 is 10.2 Å². The molecule has 8 nitrogen and oxygen atoms in total. The highest BCUT2D eigenvalue weighted by molar-refractivity contribution is 5.81. The van der Waals surface area contributed by atoms with E-state index in [4.69, 9.17) is 0 Å². The fraction of sp³-hybridized carbons (Fsp3) is 0.524. The molecular formula is C21H27N5O3. The molecule has 1 fully saturated rings. The molecule has 2 aliphatic rings. The van der Waals surface area contributed by atoms with E-state index >= 15 is 0 Å². The highest BCUT2D eigenvalue weighted by atomic mass is 16.2. The van der Waals surface area contributed by atoms with E-state index in [1.165, 1.54) is 6.07 Å². The Morgan fingerprint density at radius 1 is 1.28 bits per heavy atom. The van der Waals surface area contributed by atoms with Crippen molar-refractivity contribution in [2.24, 2.45) is 13.0 Å². The molecular weight excluding hydrogens is 370 g/mol. The Hall–Kier alpha value is -2.90. The zero-order valence-electron chi connectivity index (χ0n) is 16.9. The minimum atomic E-state index is -0.574. The molecule has 2 aliphatic heterocycles. The molecule has 4 heterocycles. The zero-order valence-corrected chi connectivity index (χ0v) is 16.9. The highest BCUT2D eigenvalue weighted by Gasteiger charge is 2.44. The van der Waals surface area contributed by atoms with E-state index < -0.39 is 6.04 Å². The van der Waals surface area contributed by atoms with Crippen molar-refractivity contribution < 1.29 is 9.59 Å². The number of nitrogens with one attached hydrogen (secondary N) is 1. The summed E-state index contributed by atoms with van der Waals surface area (Å²) in [6.07, 6.45) is 6.25. The lowest BCUT2D eigenvalue weighted by atomic mass is 9.78. The van der Waals surface area contributed by atoms with Crippen molar-refractivity contribution in [3.63, 3.8) is 0 Å². The monoisotopic (exact) mass is 397 g/mol. The number of hydrogen-bond donors (Lipinski definition) is 1. The molecule has 3 atom stereocenters. The topological polar surface area (TPSA) is 89.2 Å². The molecule has 0 unspecified atom stereocenters. The molecule has 1 N–H and O–H groups in total. The van der Waals surface area contributed by atoms with E-state index in [0.717, 1.165) is 30.5 Å². The molecule has 0 spiro atoms. The standard InChI is InChI=1S/C21H27N5O3/c1-14(27)25-12-16-9-17(13-25)20(26-18(16)6-3-7-19(26)28)21(29)22-8-4-5-15-10-23-24(2)11-15/h3,6-7,10-11,16-17,20H,4-5,8-9,12-13H2,1-2H3,(H,22,29)/t16-,17+,20-/m1/s1. The molecule has 154 valence electrons. The fourth-order valence-corrected chi connectivity index (χ4v) is 4.74. The van der Waals surface area contributed by atoms with Gasteiger partial charge in [-0.2, -0.15) is 5.10 Å². The molecule has 29 heavy (non-hydrogen) atoms. The summed E-state index contributed by atoms with van der Waals surface area (Å²) in [5.41, 5.74) is 1.84. The van der Waals surface area contributed by atoms with Crippen molar-refractivity contribution in [2.75, 3.05) is 19.6 Å². The van der Waals surface area contributed by atoms with E-state index in [1.807, 2.05) is 30.4 Å². The number of aromatic nitrogens is 3. The molecule has 2 aromatic rings. The number of carbonyl (C=O) groups is 2. The van der Waals surface area contributed by atoms with Crippen LogP contribution in [0.25, 0.3) is 0 Å². The SMILES string of the molecule is CC(=O)N1C[C@H]2C[C@@H](C1)[C@H](C(=O)NCCCc1cnn(C)c1)n1c2cccc1=O. The first kappa shape index (κ1) is 19.4. The summed E-state index contributed by atoms with van der Waals surface area (Å²) in [7, 11) is 1.88. The van der Waals surface area contributed by atoms with Gasteiger partial charge in [0.15, 0.2) is 0 Å². The Kier molecular flexibility index (Phi) is 5.25. The lowest BCUT2D eigenvalue weighted by Gasteiger charge is -2.46. The van der Waals surface area contributed by atoms with Crippen molar-refractivity contribution >= 4 is 11.8 Å². The summed E-state index contributed by atoms with van der Waals surface area (Å²) >= 11 is 0. The number of nitrogens with zero attached hydrogens (tertiary/aromatic N) is 4. The molecule has 2 amide bonds. The van der Waals surface area contributed by atoms with Crippen LogP contribution in [0, 0.1) is 5.92 Å². The number of pyridine rings is 1. The Morgan fingerprint density at radius 2 is 2.10 bits per heavy atom. The second kappa shape index (κ2) is 7.85. The van der Waals surface area contributed by atoms with Crippen LogP contribution in [-0.2, 0) is 23.1 Å². The number of hydrogen-bond acceptors (Lipinski definition) is 4. The van der Waals surface area contributed by atoms with E-state index in [0.29, 0.717) is 19.6 Å². The van der Waals surface area contributed by atoms with Crippen molar-refractivity contribution in [1.29, 1.82) is 0 Å². The molecule has 1 saturated heterocycles. The average molecular weight is 397 g/mol. The highest BCUT2D eigenvalue weighted by Crippen LogP contribution is 2.41. The van der Waals surface area contributed by atoms with E-state index in [9.17, 15) is 14.4 Å². The van der Waals surface area contributed by atoms with Crippen LogP contribution < -0.4 is 10.9 Å². The first-order valence-corrected chi connectivity index (χ1v) is 10.2. The molecule has 4 rings (SSSR count). The number of carbonyl (C=O) groups excluding carboxylic acids is 2. The summed E-state index contributed by atoms with van der Waals surface area (Å²) in [4.78, 5) is 39.5. The first-order chi connectivity index (χ1) is 13.9. The van der Waals surface area contributed by atoms with Crippen LogP contribution in [0.15, 0.2) is 35.4 Å². The Morgan fingerprint density at radius 3 is 2.83 bits per heavy atom. The number of rotatable bonds is 5. The maximum absolute atomic E-state index is 13.1. The quantitative estimate of drug-likeness (QED) is 0.757. The van der Waals surface area contributed by atoms with Gasteiger partial charge in [-0.25, -0.2) is 0 Å². The van der Waals surface area contributed by atoms with Gasteiger partial charge in [0.2, 0.25) is 11.8 Å². The van der Waals surface area contributed by atoms with Gasteiger partial charge >= 0.3 is 0 Å². The van der Waals surface area contributed by atoms with Gasteiger partial charge in [0.1, 0.15) is 6.04 Å². The molecule has 2 aromatic heterocycles. The number of aryl methyl sites for hydroxylation is 2. The van der Waals surface area contributed by atoms with Crippen molar-refractivity contribution in [3.8, 4) is 0 Å². The van der Waals surface area contributed by atoms with Gasteiger partial charge in [0.05, 0.1) is 6.20 Å². The van der Waals surface area contributed by atoms with Gasteiger partial charge in [-0.3, -0.25) is 23.6 Å². The zero-order chi connectivity index (χ0) is 20.5. The predicted octanol–water partition coefficient (Wildman–Crippen LogP) is 0.838. The summed E-state index contributed by atoms with van der Waals surface area (Å²) in [5, 5.41) is 7.17. The third kappa shape index (κ3) is 3.83. The lowest BCUT2D eigenvalue weighted by molar-refractivity contribution is -0.135. The van der Waals surface area contributed by atoms with E-state index in [-0.39, 0.29) is 29.2 Å². The Balaban J connectivity index is 1.50. The normalized spacial score (nSPS) is 22.8. The molecule has 0 saturated carbocycles. The number of likely N-dealkylation sites (tertiary alicyclic amines) is 1. The minimum Gasteiger partial charge on any atom is -0.354 e. The van der Waals surface area contributed by atoms with Gasteiger partial charge in [-0.05, 0) is 30.9 Å². The van der Waals surface area contributed by atoms with Crippen LogP contribution in [0.5, 0.6) is 0 Å². The van der Waals surface area contributed by atoms with Crippen LogP contribution in [0.4, 0.5) is 0 Å². The largest absolute Gasteiger partial charge is 0.354 e. The molecule has 0 aromatic carbocycles. The molecule has 0 radical (unpaired) electrons. The maximum Gasteiger partial charge on any atom is 0.251 e.